The van der Waals surface area contributed by atoms with Crippen molar-refractivity contribution >= 4 is 47.4 Å². The molecule has 27 heavy (non-hydrogen) atoms. The first kappa shape index (κ1) is 23.9. The van der Waals surface area contributed by atoms with Crippen LogP contribution < -0.4 is 5.32 Å². The van der Waals surface area contributed by atoms with Crippen LogP contribution in [0.5, 0.6) is 0 Å². The molecule has 0 aliphatic carbocycles. The summed E-state index contributed by atoms with van der Waals surface area (Å²) >= 11 is 1.72. The highest BCUT2D eigenvalue weighted by molar-refractivity contribution is 14.0. The van der Waals surface area contributed by atoms with Gasteiger partial charge in [0.1, 0.15) is 0 Å². The van der Waals surface area contributed by atoms with Gasteiger partial charge in [0.25, 0.3) is 0 Å². The van der Waals surface area contributed by atoms with Crippen molar-refractivity contribution in [1.82, 2.24) is 20.1 Å². The number of ether oxygens (including phenoxy) is 1. The van der Waals surface area contributed by atoms with Crippen LogP contribution in [0.2, 0.25) is 0 Å². The minimum absolute atomic E-state index is 0. The summed E-state index contributed by atoms with van der Waals surface area (Å²) in [6.07, 6.45) is 0.649. The van der Waals surface area contributed by atoms with Gasteiger partial charge in [-0.2, -0.15) is 0 Å². The number of hydrogen-bond donors (Lipinski definition) is 1. The number of thiazole rings is 1. The first-order chi connectivity index (χ1) is 12.3. The third-order valence-corrected chi connectivity index (χ3v) is 5.17. The third kappa shape index (κ3) is 7.10. The van der Waals surface area contributed by atoms with Gasteiger partial charge in [-0.25, -0.2) is 9.78 Å². The van der Waals surface area contributed by atoms with Crippen LogP contribution in [0.4, 0.5) is 4.79 Å². The van der Waals surface area contributed by atoms with Crippen molar-refractivity contribution in [2.24, 2.45) is 4.99 Å². The highest BCUT2D eigenvalue weighted by Crippen LogP contribution is 2.23. The van der Waals surface area contributed by atoms with Gasteiger partial charge >= 0.3 is 6.09 Å². The van der Waals surface area contributed by atoms with E-state index in [1.165, 1.54) is 0 Å². The Morgan fingerprint density at radius 3 is 2.44 bits per heavy atom. The maximum Gasteiger partial charge on any atom is 0.409 e. The van der Waals surface area contributed by atoms with Gasteiger partial charge in [-0.15, -0.1) is 35.3 Å². The fourth-order valence-corrected chi connectivity index (χ4v) is 3.72. The van der Waals surface area contributed by atoms with E-state index in [-0.39, 0.29) is 35.5 Å². The molecule has 1 aromatic heterocycles. The SMILES string of the molecule is CCOC(=O)N1CCN(C(=NC)NCCc2nc(C(C)(C)C)cs2)CC1.I. The fourth-order valence-electron chi connectivity index (χ4n) is 2.70. The van der Waals surface area contributed by atoms with Crippen LogP contribution in [0.1, 0.15) is 38.4 Å². The number of rotatable bonds is 4. The first-order valence-corrected chi connectivity index (χ1v) is 10.0. The van der Waals surface area contributed by atoms with E-state index < -0.39 is 0 Å². The minimum atomic E-state index is -0.228. The van der Waals surface area contributed by atoms with E-state index in [2.05, 4.69) is 41.4 Å². The predicted molar refractivity (Wildman–Crippen MR) is 121 cm³/mol. The summed E-state index contributed by atoms with van der Waals surface area (Å²) in [6.45, 7) is 12.4. The zero-order valence-corrected chi connectivity index (χ0v) is 20.1. The van der Waals surface area contributed by atoms with Crippen LogP contribution in [0.3, 0.4) is 0 Å². The lowest BCUT2D eigenvalue weighted by molar-refractivity contribution is 0.0915. The lowest BCUT2D eigenvalue weighted by atomic mass is 9.93. The van der Waals surface area contributed by atoms with Crippen molar-refractivity contribution in [3.8, 4) is 0 Å². The molecule has 0 radical (unpaired) electrons. The largest absolute Gasteiger partial charge is 0.450 e. The zero-order chi connectivity index (χ0) is 19.2. The average Bonchev–Trinajstić information content (AvgIpc) is 3.08. The molecule has 1 aliphatic rings. The van der Waals surface area contributed by atoms with Crippen molar-refractivity contribution in [2.45, 2.75) is 39.5 Å². The molecule has 0 saturated carbocycles. The first-order valence-electron chi connectivity index (χ1n) is 9.17. The lowest BCUT2D eigenvalue weighted by Crippen LogP contribution is -2.54. The van der Waals surface area contributed by atoms with Crippen LogP contribution in [0, 0.1) is 0 Å². The van der Waals surface area contributed by atoms with E-state index >= 15 is 0 Å². The van der Waals surface area contributed by atoms with Gasteiger partial charge in [0.15, 0.2) is 5.96 Å². The highest BCUT2D eigenvalue weighted by Gasteiger charge is 2.23. The fraction of sp³-hybridized carbons (Fsp3) is 0.722. The number of halogens is 1. The molecule has 0 spiro atoms. The van der Waals surface area contributed by atoms with Gasteiger partial charge in [-0.1, -0.05) is 20.8 Å². The molecule has 0 aromatic carbocycles. The van der Waals surface area contributed by atoms with E-state index in [1.54, 1.807) is 23.3 Å². The molecule has 0 atom stereocenters. The Morgan fingerprint density at radius 2 is 1.93 bits per heavy atom. The maximum absolute atomic E-state index is 11.8. The van der Waals surface area contributed by atoms with Gasteiger partial charge in [0.2, 0.25) is 0 Å². The predicted octanol–water partition coefficient (Wildman–Crippen LogP) is 2.95. The summed E-state index contributed by atoms with van der Waals surface area (Å²) in [5, 5.41) is 6.71. The number of carbonyl (C=O) groups excluding carboxylic acids is 1. The molecule has 2 rings (SSSR count). The van der Waals surface area contributed by atoms with Crippen LogP contribution in [-0.2, 0) is 16.6 Å². The molecule has 1 fully saturated rings. The summed E-state index contributed by atoms with van der Waals surface area (Å²) < 4.78 is 5.06. The molecular formula is C18H32IN5O2S. The molecule has 1 amide bonds. The lowest BCUT2D eigenvalue weighted by Gasteiger charge is -2.35. The van der Waals surface area contributed by atoms with Gasteiger partial charge < -0.3 is 19.9 Å². The number of carbonyl (C=O) groups is 1. The maximum atomic E-state index is 11.8. The van der Waals surface area contributed by atoms with E-state index in [0.29, 0.717) is 19.7 Å². The smallest absolute Gasteiger partial charge is 0.409 e. The number of aromatic nitrogens is 1. The van der Waals surface area contributed by atoms with Crippen LogP contribution in [-0.4, -0.2) is 73.2 Å². The highest BCUT2D eigenvalue weighted by atomic mass is 127. The van der Waals surface area contributed by atoms with Crippen molar-refractivity contribution in [2.75, 3.05) is 46.4 Å². The van der Waals surface area contributed by atoms with Gasteiger partial charge in [0, 0.05) is 57.0 Å². The Balaban J connectivity index is 0.00000364. The van der Waals surface area contributed by atoms with Crippen molar-refractivity contribution < 1.29 is 9.53 Å². The monoisotopic (exact) mass is 509 g/mol. The molecule has 0 unspecified atom stereocenters. The van der Waals surface area contributed by atoms with E-state index in [9.17, 15) is 4.79 Å². The standard InChI is InChI=1S/C18H31N5O2S.HI/c1-6-25-17(24)23-11-9-22(10-12-23)16(19-5)20-8-7-15-21-14(13-26-15)18(2,3)4;/h13H,6-12H2,1-5H3,(H,19,20);1H. The number of piperazine rings is 1. The number of amides is 1. The normalized spacial score (nSPS) is 15.4. The number of nitrogens with zero attached hydrogens (tertiary/aromatic N) is 4. The minimum Gasteiger partial charge on any atom is -0.450 e. The van der Waals surface area contributed by atoms with E-state index in [1.807, 2.05) is 6.92 Å². The molecule has 1 aromatic rings. The molecule has 1 saturated heterocycles. The number of hydrogen-bond acceptors (Lipinski definition) is 5. The van der Waals surface area contributed by atoms with Crippen LogP contribution in [0.25, 0.3) is 0 Å². The Hall–Kier alpha value is -1.10. The second-order valence-corrected chi connectivity index (χ2v) is 8.22. The summed E-state index contributed by atoms with van der Waals surface area (Å²) in [6, 6.07) is 0. The van der Waals surface area contributed by atoms with E-state index in [0.717, 1.165) is 42.7 Å². The molecule has 9 heteroatoms. The second kappa shape index (κ2) is 11.0. The molecule has 0 bridgehead atoms. The Morgan fingerprint density at radius 1 is 1.30 bits per heavy atom. The van der Waals surface area contributed by atoms with Gasteiger partial charge in [-0.3, -0.25) is 4.99 Å². The average molecular weight is 509 g/mol. The summed E-state index contributed by atoms with van der Waals surface area (Å²) in [5.41, 5.74) is 1.24. The van der Waals surface area contributed by atoms with Crippen molar-refractivity contribution in [3.63, 3.8) is 0 Å². The molecule has 7 nitrogen and oxygen atoms in total. The van der Waals surface area contributed by atoms with Crippen LogP contribution in [0.15, 0.2) is 10.4 Å². The Bertz CT molecular complexity index is 622. The second-order valence-electron chi connectivity index (χ2n) is 7.27. The number of nitrogens with one attached hydrogen (secondary N) is 1. The molecule has 154 valence electrons. The van der Waals surface area contributed by atoms with Crippen molar-refractivity contribution in [1.29, 1.82) is 0 Å². The number of guanidine groups is 1. The van der Waals surface area contributed by atoms with Crippen LogP contribution >= 0.6 is 35.3 Å². The topological polar surface area (TPSA) is 70.1 Å². The van der Waals surface area contributed by atoms with Gasteiger partial charge in [0.05, 0.1) is 17.3 Å². The van der Waals surface area contributed by atoms with E-state index in [4.69, 9.17) is 9.72 Å². The Kier molecular flexibility index (Phi) is 9.78. The molecule has 2 heterocycles. The molecule has 1 aliphatic heterocycles. The van der Waals surface area contributed by atoms with Gasteiger partial charge in [-0.05, 0) is 6.92 Å². The van der Waals surface area contributed by atoms with Crippen molar-refractivity contribution in [3.05, 3.63) is 16.1 Å². The zero-order valence-electron chi connectivity index (χ0n) is 16.9. The molecule has 1 N–H and O–H groups in total. The number of aliphatic imine (C=N–C) groups is 1. The summed E-state index contributed by atoms with van der Waals surface area (Å²) in [4.78, 5) is 24.8. The third-order valence-electron chi connectivity index (χ3n) is 4.26. The quantitative estimate of drug-likeness (QED) is 0.384. The summed E-state index contributed by atoms with van der Waals surface area (Å²) in [7, 11) is 1.79. The Labute approximate surface area is 183 Å². The summed E-state index contributed by atoms with van der Waals surface area (Å²) in [5.74, 6) is 0.876. The molecular weight excluding hydrogens is 477 g/mol.